The van der Waals surface area contributed by atoms with Gasteiger partial charge in [0.2, 0.25) is 5.78 Å². The van der Waals surface area contributed by atoms with Crippen LogP contribution in [0.15, 0.2) is 28.7 Å². The smallest absolute Gasteiger partial charge is 0.201 e. The van der Waals surface area contributed by atoms with E-state index in [0.717, 1.165) is 31.6 Å². The Balaban J connectivity index is 1.77. The highest BCUT2D eigenvalue weighted by atomic mass is 19.1. The minimum absolute atomic E-state index is 0.0311. The van der Waals surface area contributed by atoms with E-state index in [9.17, 15) is 9.18 Å². The summed E-state index contributed by atoms with van der Waals surface area (Å²) in [5, 5.41) is 0.661. The Hall–Kier alpha value is -1.64. The highest BCUT2D eigenvalue weighted by Gasteiger charge is 2.30. The Morgan fingerprint density at radius 1 is 1.24 bits per heavy atom. The molecule has 1 saturated carbocycles. The maximum atomic E-state index is 13.6. The van der Waals surface area contributed by atoms with Gasteiger partial charge in [-0.3, -0.25) is 4.79 Å². The van der Waals surface area contributed by atoms with Gasteiger partial charge in [-0.2, -0.15) is 0 Å². The quantitative estimate of drug-likeness (QED) is 0.725. The Morgan fingerprint density at radius 3 is 2.57 bits per heavy atom. The van der Waals surface area contributed by atoms with E-state index >= 15 is 0 Å². The van der Waals surface area contributed by atoms with Gasteiger partial charge < -0.3 is 4.42 Å². The molecule has 0 unspecified atom stereocenters. The highest BCUT2D eigenvalue weighted by molar-refractivity contribution is 5.99. The largest absolute Gasteiger partial charge is 0.450 e. The molecule has 1 aliphatic carbocycles. The Labute approximate surface area is 124 Å². The maximum Gasteiger partial charge on any atom is 0.201 e. The third-order valence-electron chi connectivity index (χ3n) is 4.82. The second kappa shape index (κ2) is 5.63. The molecule has 2 nitrogen and oxygen atoms in total. The number of hydrogen-bond acceptors (Lipinski definition) is 2. The summed E-state index contributed by atoms with van der Waals surface area (Å²) in [4.78, 5) is 12.5. The minimum Gasteiger partial charge on any atom is -0.450 e. The zero-order valence-corrected chi connectivity index (χ0v) is 12.6. The molecule has 1 aromatic carbocycles. The van der Waals surface area contributed by atoms with Crippen LogP contribution in [-0.4, -0.2) is 5.78 Å². The standard InChI is InChI=1S/C18H21FO2/c1-11(2)12-6-8-13(9-7-12)17(20)16-10-14-4-3-5-15(19)18(14)21-16/h3-5,10-13H,6-9H2,1-2H3. The first-order valence-corrected chi connectivity index (χ1v) is 7.78. The molecule has 0 amide bonds. The van der Waals surface area contributed by atoms with E-state index in [-0.39, 0.29) is 17.3 Å². The van der Waals surface area contributed by atoms with Crippen LogP contribution in [-0.2, 0) is 0 Å². The van der Waals surface area contributed by atoms with Gasteiger partial charge >= 0.3 is 0 Å². The summed E-state index contributed by atoms with van der Waals surface area (Å²) in [7, 11) is 0. The zero-order valence-electron chi connectivity index (χ0n) is 12.6. The average molecular weight is 288 g/mol. The number of benzene rings is 1. The van der Waals surface area contributed by atoms with Crippen LogP contribution in [0.3, 0.4) is 0 Å². The van der Waals surface area contributed by atoms with Crippen molar-refractivity contribution in [2.24, 2.45) is 17.8 Å². The van der Waals surface area contributed by atoms with Gasteiger partial charge in [0.25, 0.3) is 0 Å². The van der Waals surface area contributed by atoms with Crippen molar-refractivity contribution in [3.8, 4) is 0 Å². The molecule has 0 aliphatic heterocycles. The van der Waals surface area contributed by atoms with Gasteiger partial charge in [-0.05, 0) is 49.7 Å². The highest BCUT2D eigenvalue weighted by Crippen LogP contribution is 2.35. The lowest BCUT2D eigenvalue weighted by atomic mass is 9.75. The van der Waals surface area contributed by atoms with Crippen LogP contribution in [0.1, 0.15) is 50.1 Å². The molecular formula is C18H21FO2. The summed E-state index contributed by atoms with van der Waals surface area (Å²) < 4.78 is 19.1. The molecule has 0 spiro atoms. The monoisotopic (exact) mass is 288 g/mol. The number of Topliss-reactive ketones (excluding diaryl/α,β-unsaturated/α-hetero) is 1. The van der Waals surface area contributed by atoms with Crippen LogP contribution in [0.4, 0.5) is 4.39 Å². The van der Waals surface area contributed by atoms with Crippen LogP contribution < -0.4 is 0 Å². The van der Waals surface area contributed by atoms with E-state index in [4.69, 9.17) is 4.42 Å². The first kappa shape index (κ1) is 14.3. The zero-order chi connectivity index (χ0) is 15.0. The van der Waals surface area contributed by atoms with Crippen LogP contribution in [0.2, 0.25) is 0 Å². The molecule has 0 bridgehead atoms. The Morgan fingerprint density at radius 2 is 1.95 bits per heavy atom. The van der Waals surface area contributed by atoms with Gasteiger partial charge in [-0.1, -0.05) is 26.0 Å². The van der Waals surface area contributed by atoms with Crippen LogP contribution >= 0.6 is 0 Å². The number of halogens is 1. The average Bonchev–Trinajstić information content (AvgIpc) is 2.92. The number of rotatable bonds is 3. The Kier molecular flexibility index (Phi) is 3.83. The fraction of sp³-hybridized carbons (Fsp3) is 0.500. The number of furan rings is 1. The molecule has 21 heavy (non-hydrogen) atoms. The molecule has 0 radical (unpaired) electrons. The summed E-state index contributed by atoms with van der Waals surface area (Å²) in [6, 6.07) is 6.44. The van der Waals surface area contributed by atoms with Crippen molar-refractivity contribution in [2.75, 3.05) is 0 Å². The summed E-state index contributed by atoms with van der Waals surface area (Å²) >= 11 is 0. The van der Waals surface area contributed by atoms with E-state index in [1.165, 1.54) is 6.07 Å². The summed E-state index contributed by atoms with van der Waals surface area (Å²) in [6.07, 6.45) is 4.04. The first-order valence-electron chi connectivity index (χ1n) is 7.78. The number of para-hydroxylation sites is 1. The summed E-state index contributed by atoms with van der Waals surface area (Å²) in [6.45, 7) is 4.49. The van der Waals surface area contributed by atoms with Crippen molar-refractivity contribution in [1.29, 1.82) is 0 Å². The van der Waals surface area contributed by atoms with E-state index in [2.05, 4.69) is 13.8 Å². The van der Waals surface area contributed by atoms with E-state index in [0.29, 0.717) is 17.1 Å². The lowest BCUT2D eigenvalue weighted by Gasteiger charge is -2.29. The molecule has 1 aliphatic rings. The molecule has 2 aromatic rings. The van der Waals surface area contributed by atoms with Gasteiger partial charge in [0, 0.05) is 11.3 Å². The first-order chi connectivity index (χ1) is 10.1. The van der Waals surface area contributed by atoms with Gasteiger partial charge in [0.1, 0.15) is 0 Å². The normalized spacial score (nSPS) is 22.9. The van der Waals surface area contributed by atoms with Crippen molar-refractivity contribution in [2.45, 2.75) is 39.5 Å². The molecular weight excluding hydrogens is 267 g/mol. The number of ketones is 1. The molecule has 3 heteroatoms. The third kappa shape index (κ3) is 2.74. The van der Waals surface area contributed by atoms with Crippen molar-refractivity contribution in [3.63, 3.8) is 0 Å². The fourth-order valence-corrected chi connectivity index (χ4v) is 3.40. The predicted molar refractivity (Wildman–Crippen MR) is 80.8 cm³/mol. The lowest BCUT2D eigenvalue weighted by Crippen LogP contribution is -2.24. The SMILES string of the molecule is CC(C)C1CCC(C(=O)c2cc3cccc(F)c3o2)CC1. The Bertz CT molecular complexity index is 648. The fourth-order valence-electron chi connectivity index (χ4n) is 3.40. The predicted octanol–water partition coefficient (Wildman–Crippen LogP) is 5.22. The molecule has 0 N–H and O–H groups in total. The van der Waals surface area contributed by atoms with Crippen molar-refractivity contribution >= 4 is 16.8 Å². The van der Waals surface area contributed by atoms with Gasteiger partial charge in [0.15, 0.2) is 17.2 Å². The van der Waals surface area contributed by atoms with E-state index < -0.39 is 5.82 Å². The van der Waals surface area contributed by atoms with Crippen molar-refractivity contribution in [3.05, 3.63) is 35.8 Å². The van der Waals surface area contributed by atoms with E-state index in [1.807, 2.05) is 0 Å². The molecule has 1 heterocycles. The number of fused-ring (bicyclic) bond motifs is 1. The number of hydrogen-bond donors (Lipinski definition) is 0. The molecule has 0 atom stereocenters. The number of carbonyl (C=O) groups excluding carboxylic acids is 1. The second-order valence-corrected chi connectivity index (χ2v) is 6.49. The van der Waals surface area contributed by atoms with Crippen LogP contribution in [0.25, 0.3) is 11.0 Å². The minimum atomic E-state index is -0.407. The van der Waals surface area contributed by atoms with Crippen LogP contribution in [0.5, 0.6) is 0 Å². The maximum absolute atomic E-state index is 13.6. The van der Waals surface area contributed by atoms with Gasteiger partial charge in [0.05, 0.1) is 0 Å². The van der Waals surface area contributed by atoms with Crippen molar-refractivity contribution < 1.29 is 13.6 Å². The van der Waals surface area contributed by atoms with Gasteiger partial charge in [-0.25, -0.2) is 4.39 Å². The molecule has 1 fully saturated rings. The van der Waals surface area contributed by atoms with Crippen LogP contribution in [0, 0.1) is 23.6 Å². The van der Waals surface area contributed by atoms with E-state index in [1.54, 1.807) is 18.2 Å². The summed E-state index contributed by atoms with van der Waals surface area (Å²) in [5.74, 6) is 1.37. The molecule has 0 saturated heterocycles. The summed E-state index contributed by atoms with van der Waals surface area (Å²) in [5.41, 5.74) is 0.191. The molecule has 112 valence electrons. The van der Waals surface area contributed by atoms with Crippen molar-refractivity contribution in [1.82, 2.24) is 0 Å². The molecule has 3 rings (SSSR count). The number of carbonyl (C=O) groups is 1. The topological polar surface area (TPSA) is 30.2 Å². The second-order valence-electron chi connectivity index (χ2n) is 6.49. The lowest BCUT2D eigenvalue weighted by molar-refractivity contribution is 0.0832. The molecule has 1 aromatic heterocycles. The van der Waals surface area contributed by atoms with Gasteiger partial charge in [-0.15, -0.1) is 0 Å². The third-order valence-corrected chi connectivity index (χ3v) is 4.82.